The average molecular weight is 378 g/mol. The molecule has 0 unspecified atom stereocenters. The molecule has 144 valence electrons. The molecule has 4 rings (SSSR count). The first-order valence-corrected chi connectivity index (χ1v) is 9.47. The van der Waals surface area contributed by atoms with Gasteiger partial charge in [0.1, 0.15) is 5.82 Å². The van der Waals surface area contributed by atoms with E-state index >= 15 is 0 Å². The number of hydrogen-bond donors (Lipinski definition) is 2. The summed E-state index contributed by atoms with van der Waals surface area (Å²) < 4.78 is 13.2. The molecule has 1 aliphatic rings. The number of halogens is 1. The Morgan fingerprint density at radius 3 is 2.75 bits per heavy atom. The molecule has 0 saturated carbocycles. The number of H-pyrrole nitrogens is 1. The van der Waals surface area contributed by atoms with E-state index in [9.17, 15) is 9.18 Å². The number of aromatic nitrogens is 2. The summed E-state index contributed by atoms with van der Waals surface area (Å²) in [6.07, 6.45) is 2.76. The Hall–Kier alpha value is -2.99. The van der Waals surface area contributed by atoms with E-state index in [1.165, 1.54) is 12.1 Å². The number of carbonyl (C=O) groups excluding carboxylic acids is 1. The van der Waals surface area contributed by atoms with Crippen molar-refractivity contribution in [1.29, 1.82) is 0 Å². The zero-order valence-corrected chi connectivity index (χ0v) is 15.8. The highest BCUT2D eigenvalue weighted by Gasteiger charge is 2.24. The molecule has 0 radical (unpaired) electrons. The number of hydrogen-bond acceptors (Lipinski definition) is 3. The molecular formula is C22H23FN4O. The molecule has 1 fully saturated rings. The molecule has 6 heteroatoms. The molecule has 1 atom stereocenters. The highest BCUT2D eigenvalue weighted by Crippen LogP contribution is 2.27. The summed E-state index contributed by atoms with van der Waals surface area (Å²) in [7, 11) is 1.80. The number of nitrogens with zero attached hydrogens (tertiary/aromatic N) is 2. The Morgan fingerprint density at radius 2 is 2.00 bits per heavy atom. The molecule has 3 aromatic rings. The molecule has 0 bridgehead atoms. The molecule has 0 spiro atoms. The quantitative estimate of drug-likeness (QED) is 0.714. The van der Waals surface area contributed by atoms with E-state index in [1.54, 1.807) is 30.3 Å². The van der Waals surface area contributed by atoms with E-state index in [0.29, 0.717) is 12.5 Å². The highest BCUT2D eigenvalue weighted by molar-refractivity contribution is 5.95. The maximum atomic E-state index is 13.2. The van der Waals surface area contributed by atoms with Crippen molar-refractivity contribution in [3.8, 4) is 11.3 Å². The number of nitrogens with one attached hydrogen (secondary N) is 2. The van der Waals surface area contributed by atoms with Crippen LogP contribution in [0.2, 0.25) is 0 Å². The normalized spacial score (nSPS) is 16.3. The van der Waals surface area contributed by atoms with Crippen molar-refractivity contribution in [2.75, 3.05) is 20.1 Å². The molecule has 1 amide bonds. The lowest BCUT2D eigenvalue weighted by atomic mass is 9.93. The standard InChI is InChI=1S/C22H23FN4O/c1-27(14-17-13-25-26-21(17)15-6-8-18(23)9-7-15)22(28)20-5-3-2-4-19(20)16-10-11-24-12-16/h2-9,13,16,24H,10-12,14H2,1H3,(H,25,26)/t16-/m0/s1. The largest absolute Gasteiger partial charge is 0.337 e. The first-order valence-electron chi connectivity index (χ1n) is 9.47. The molecule has 28 heavy (non-hydrogen) atoms. The lowest BCUT2D eigenvalue weighted by Gasteiger charge is -2.21. The minimum absolute atomic E-state index is 0.00578. The molecule has 2 aromatic carbocycles. The van der Waals surface area contributed by atoms with Crippen LogP contribution in [0.1, 0.15) is 33.8 Å². The molecule has 0 aliphatic carbocycles. The smallest absolute Gasteiger partial charge is 0.254 e. The van der Waals surface area contributed by atoms with E-state index in [0.717, 1.165) is 47.5 Å². The minimum Gasteiger partial charge on any atom is -0.337 e. The maximum Gasteiger partial charge on any atom is 0.254 e. The Bertz CT molecular complexity index is 961. The fourth-order valence-electron chi connectivity index (χ4n) is 3.80. The zero-order valence-electron chi connectivity index (χ0n) is 15.8. The minimum atomic E-state index is -0.282. The highest BCUT2D eigenvalue weighted by atomic mass is 19.1. The van der Waals surface area contributed by atoms with Crippen LogP contribution in [0.3, 0.4) is 0 Å². The maximum absolute atomic E-state index is 13.2. The van der Waals surface area contributed by atoms with Gasteiger partial charge in [-0.25, -0.2) is 4.39 Å². The second-order valence-electron chi connectivity index (χ2n) is 7.22. The topological polar surface area (TPSA) is 61.0 Å². The fourth-order valence-corrected chi connectivity index (χ4v) is 3.80. The molecule has 5 nitrogen and oxygen atoms in total. The summed E-state index contributed by atoms with van der Waals surface area (Å²) in [5.41, 5.74) is 4.39. The molecule has 1 aromatic heterocycles. The number of carbonyl (C=O) groups is 1. The summed E-state index contributed by atoms with van der Waals surface area (Å²) in [4.78, 5) is 14.9. The molecule has 1 aliphatic heterocycles. The second kappa shape index (κ2) is 7.94. The van der Waals surface area contributed by atoms with Gasteiger partial charge < -0.3 is 10.2 Å². The molecule has 2 N–H and O–H groups in total. The van der Waals surface area contributed by atoms with Crippen LogP contribution >= 0.6 is 0 Å². The first-order chi connectivity index (χ1) is 13.6. The third kappa shape index (κ3) is 3.68. The van der Waals surface area contributed by atoms with E-state index in [-0.39, 0.29) is 11.7 Å². The van der Waals surface area contributed by atoms with Crippen LogP contribution in [0.4, 0.5) is 4.39 Å². The van der Waals surface area contributed by atoms with E-state index in [4.69, 9.17) is 0 Å². The van der Waals surface area contributed by atoms with Gasteiger partial charge in [0.25, 0.3) is 5.91 Å². The van der Waals surface area contributed by atoms with Crippen molar-refractivity contribution in [3.63, 3.8) is 0 Å². The van der Waals surface area contributed by atoms with Crippen LogP contribution in [-0.2, 0) is 6.54 Å². The van der Waals surface area contributed by atoms with Crippen LogP contribution in [0.25, 0.3) is 11.3 Å². The average Bonchev–Trinajstić information content (AvgIpc) is 3.40. The third-order valence-electron chi connectivity index (χ3n) is 5.30. The zero-order chi connectivity index (χ0) is 19.5. The van der Waals surface area contributed by atoms with Crippen molar-refractivity contribution in [2.45, 2.75) is 18.9 Å². The predicted molar refractivity (Wildman–Crippen MR) is 106 cm³/mol. The van der Waals surface area contributed by atoms with Crippen molar-refractivity contribution < 1.29 is 9.18 Å². The van der Waals surface area contributed by atoms with Crippen LogP contribution < -0.4 is 5.32 Å². The lowest BCUT2D eigenvalue weighted by molar-refractivity contribution is 0.0784. The van der Waals surface area contributed by atoms with Crippen LogP contribution in [-0.4, -0.2) is 41.1 Å². The predicted octanol–water partition coefficient (Wildman–Crippen LogP) is 3.56. The van der Waals surface area contributed by atoms with E-state index < -0.39 is 0 Å². The van der Waals surface area contributed by atoms with Gasteiger partial charge in [-0.15, -0.1) is 0 Å². The number of aromatic amines is 1. The van der Waals surface area contributed by atoms with Crippen LogP contribution in [0.5, 0.6) is 0 Å². The summed E-state index contributed by atoms with van der Waals surface area (Å²) in [5, 5.41) is 10.5. The number of benzene rings is 2. The van der Waals surface area contributed by atoms with E-state index in [2.05, 4.69) is 21.6 Å². The van der Waals surface area contributed by atoms with E-state index in [1.807, 2.05) is 18.2 Å². The first kappa shape index (κ1) is 18.4. The van der Waals surface area contributed by atoms with Gasteiger partial charge in [-0.05, 0) is 54.8 Å². The second-order valence-corrected chi connectivity index (χ2v) is 7.22. The molecule has 2 heterocycles. The van der Waals surface area contributed by atoms with Crippen molar-refractivity contribution in [2.24, 2.45) is 0 Å². The van der Waals surface area contributed by atoms with Crippen molar-refractivity contribution >= 4 is 5.91 Å². The van der Waals surface area contributed by atoms with Gasteiger partial charge in [-0.1, -0.05) is 18.2 Å². The van der Waals surface area contributed by atoms with Gasteiger partial charge in [0.05, 0.1) is 11.9 Å². The van der Waals surface area contributed by atoms with Crippen LogP contribution in [0, 0.1) is 5.82 Å². The van der Waals surface area contributed by atoms with Gasteiger partial charge >= 0.3 is 0 Å². The summed E-state index contributed by atoms with van der Waals surface area (Å²) >= 11 is 0. The Labute approximate surface area is 163 Å². The van der Waals surface area contributed by atoms with Gasteiger partial charge in [0.2, 0.25) is 0 Å². The molecular weight excluding hydrogens is 355 g/mol. The Morgan fingerprint density at radius 1 is 1.21 bits per heavy atom. The Balaban J connectivity index is 1.55. The molecule has 1 saturated heterocycles. The SMILES string of the molecule is CN(Cc1cn[nH]c1-c1ccc(F)cc1)C(=O)c1ccccc1[C@H]1CCNC1. The van der Waals surface area contributed by atoms with Gasteiger partial charge in [-0.3, -0.25) is 9.89 Å². The summed E-state index contributed by atoms with van der Waals surface area (Å²) in [6, 6.07) is 14.1. The fraction of sp³-hybridized carbons (Fsp3) is 0.273. The lowest BCUT2D eigenvalue weighted by Crippen LogP contribution is -2.27. The number of amides is 1. The summed E-state index contributed by atoms with van der Waals surface area (Å²) in [5.74, 6) is 0.0844. The van der Waals surface area contributed by atoms with Gasteiger partial charge in [-0.2, -0.15) is 5.10 Å². The van der Waals surface area contributed by atoms with Gasteiger partial charge in [0.15, 0.2) is 0 Å². The Kier molecular flexibility index (Phi) is 5.21. The van der Waals surface area contributed by atoms with Crippen molar-refractivity contribution in [3.05, 3.63) is 77.2 Å². The third-order valence-corrected chi connectivity index (χ3v) is 5.30. The van der Waals surface area contributed by atoms with Crippen LogP contribution in [0.15, 0.2) is 54.7 Å². The summed E-state index contributed by atoms with van der Waals surface area (Å²) in [6.45, 7) is 2.31. The van der Waals surface area contributed by atoms with Gasteiger partial charge in [0, 0.05) is 36.8 Å². The number of rotatable bonds is 5. The van der Waals surface area contributed by atoms with Crippen molar-refractivity contribution in [1.82, 2.24) is 20.4 Å². The monoisotopic (exact) mass is 378 g/mol.